The minimum Gasteiger partial charge on any atom is -0.481 e. The van der Waals surface area contributed by atoms with Crippen LogP contribution in [0.3, 0.4) is 0 Å². The Morgan fingerprint density at radius 2 is 1.64 bits per heavy atom. The number of carbonyl (C=O) groups is 1. The molecule has 3 aromatic carbocycles. The van der Waals surface area contributed by atoms with E-state index in [1.165, 1.54) is 30.4 Å². The Hall–Kier alpha value is -2.81. The monoisotopic (exact) mass is 373 g/mol. The first-order valence-corrected chi connectivity index (χ1v) is 10.2. The second kappa shape index (κ2) is 8.05. The van der Waals surface area contributed by atoms with E-state index in [9.17, 15) is 4.79 Å². The van der Waals surface area contributed by atoms with Crippen LogP contribution in [-0.2, 0) is 17.6 Å². The van der Waals surface area contributed by atoms with Crippen molar-refractivity contribution in [2.75, 3.05) is 0 Å². The number of nitrogens with one attached hydrogen (secondary N) is 1. The number of ether oxygens (including phenoxy) is 1. The summed E-state index contributed by atoms with van der Waals surface area (Å²) in [6, 6.07) is 20.6. The number of benzene rings is 3. The number of carbonyl (C=O) groups excluding carboxylic acids is 1. The van der Waals surface area contributed by atoms with E-state index >= 15 is 0 Å². The standard InChI is InChI=1S/C25H27NO2/c1-17(21-12-11-19-7-3-5-9-22(19)15-21)26-25(27)18(2)28-24-14-13-20-8-4-6-10-23(20)16-24/h4,6,8,10-18H,3,5,7,9H2,1-2H3,(H,26,27). The molecule has 3 aromatic rings. The SMILES string of the molecule is CC(Oc1ccc2ccccc2c1)C(=O)NC(C)c1ccc2c(c1)CCCC2. The zero-order valence-corrected chi connectivity index (χ0v) is 16.6. The Bertz CT molecular complexity index is 995. The van der Waals surface area contributed by atoms with Crippen LogP contribution in [0, 0.1) is 0 Å². The van der Waals surface area contributed by atoms with Crippen LogP contribution in [0.5, 0.6) is 5.75 Å². The van der Waals surface area contributed by atoms with Gasteiger partial charge in [0.2, 0.25) is 0 Å². The van der Waals surface area contributed by atoms with Crippen molar-refractivity contribution >= 4 is 16.7 Å². The van der Waals surface area contributed by atoms with E-state index in [1.807, 2.05) is 43.3 Å². The van der Waals surface area contributed by atoms with Gasteiger partial charge < -0.3 is 10.1 Å². The Morgan fingerprint density at radius 1 is 0.893 bits per heavy atom. The summed E-state index contributed by atoms with van der Waals surface area (Å²) in [4.78, 5) is 12.6. The first-order chi connectivity index (χ1) is 13.6. The van der Waals surface area contributed by atoms with Crippen LogP contribution in [0.15, 0.2) is 60.7 Å². The lowest BCUT2D eigenvalue weighted by atomic mass is 9.89. The Morgan fingerprint density at radius 3 is 2.46 bits per heavy atom. The van der Waals surface area contributed by atoms with Crippen LogP contribution in [-0.4, -0.2) is 12.0 Å². The third kappa shape index (κ3) is 4.04. The van der Waals surface area contributed by atoms with Crippen LogP contribution < -0.4 is 10.1 Å². The molecular formula is C25H27NO2. The highest BCUT2D eigenvalue weighted by molar-refractivity contribution is 5.84. The molecule has 1 N–H and O–H groups in total. The number of rotatable bonds is 5. The van der Waals surface area contributed by atoms with E-state index in [-0.39, 0.29) is 11.9 Å². The molecule has 0 spiro atoms. The molecule has 0 saturated heterocycles. The number of fused-ring (bicyclic) bond motifs is 2. The van der Waals surface area contributed by atoms with Gasteiger partial charge in [0.25, 0.3) is 5.91 Å². The predicted octanol–water partition coefficient (Wildman–Crippen LogP) is 5.36. The molecule has 1 aliphatic carbocycles. The predicted molar refractivity (Wildman–Crippen MR) is 114 cm³/mol. The fourth-order valence-corrected chi connectivity index (χ4v) is 3.94. The summed E-state index contributed by atoms with van der Waals surface area (Å²) in [7, 11) is 0. The fourth-order valence-electron chi connectivity index (χ4n) is 3.94. The van der Waals surface area contributed by atoms with Gasteiger partial charge in [-0.05, 0) is 79.1 Å². The van der Waals surface area contributed by atoms with E-state index in [4.69, 9.17) is 4.74 Å². The Balaban J connectivity index is 1.40. The van der Waals surface area contributed by atoms with Gasteiger partial charge in [0, 0.05) is 0 Å². The van der Waals surface area contributed by atoms with Crippen molar-refractivity contribution in [3.8, 4) is 5.75 Å². The minimum absolute atomic E-state index is 0.0395. The summed E-state index contributed by atoms with van der Waals surface area (Å²) in [6.07, 6.45) is 4.30. The highest BCUT2D eigenvalue weighted by Crippen LogP contribution is 2.25. The topological polar surface area (TPSA) is 38.3 Å². The van der Waals surface area contributed by atoms with Gasteiger partial charge in [0.15, 0.2) is 6.10 Å². The smallest absolute Gasteiger partial charge is 0.261 e. The van der Waals surface area contributed by atoms with Crippen molar-refractivity contribution < 1.29 is 9.53 Å². The van der Waals surface area contributed by atoms with E-state index in [1.54, 1.807) is 6.92 Å². The van der Waals surface area contributed by atoms with Gasteiger partial charge >= 0.3 is 0 Å². The Labute approximate surface area is 166 Å². The average Bonchev–Trinajstić information content (AvgIpc) is 2.73. The van der Waals surface area contributed by atoms with Crippen LogP contribution >= 0.6 is 0 Å². The van der Waals surface area contributed by atoms with Gasteiger partial charge in [-0.3, -0.25) is 4.79 Å². The lowest BCUT2D eigenvalue weighted by Crippen LogP contribution is -2.37. The maximum Gasteiger partial charge on any atom is 0.261 e. The number of hydrogen-bond donors (Lipinski definition) is 1. The summed E-state index contributed by atoms with van der Waals surface area (Å²) in [5.74, 6) is 0.612. The van der Waals surface area contributed by atoms with Crippen LogP contribution in [0.2, 0.25) is 0 Å². The van der Waals surface area contributed by atoms with E-state index < -0.39 is 6.10 Å². The molecule has 144 valence electrons. The van der Waals surface area contributed by atoms with Crippen LogP contribution in [0.1, 0.15) is 49.4 Å². The highest BCUT2D eigenvalue weighted by Gasteiger charge is 2.19. The zero-order valence-electron chi connectivity index (χ0n) is 16.6. The lowest BCUT2D eigenvalue weighted by molar-refractivity contribution is -0.127. The number of hydrogen-bond acceptors (Lipinski definition) is 2. The third-order valence-corrected chi connectivity index (χ3v) is 5.63. The maximum atomic E-state index is 12.6. The summed E-state index contributed by atoms with van der Waals surface area (Å²) in [5.41, 5.74) is 4.05. The second-order valence-corrected chi connectivity index (χ2v) is 7.73. The molecule has 0 fully saturated rings. The van der Waals surface area contributed by atoms with Gasteiger partial charge in [0.1, 0.15) is 5.75 Å². The largest absolute Gasteiger partial charge is 0.481 e. The summed E-state index contributed by atoms with van der Waals surface area (Å²) in [6.45, 7) is 3.83. The van der Waals surface area contributed by atoms with Gasteiger partial charge in [-0.2, -0.15) is 0 Å². The molecule has 3 nitrogen and oxygen atoms in total. The van der Waals surface area contributed by atoms with E-state index in [2.05, 4.69) is 29.6 Å². The Kier molecular flexibility index (Phi) is 5.34. The van der Waals surface area contributed by atoms with Crippen molar-refractivity contribution in [2.45, 2.75) is 51.7 Å². The van der Waals surface area contributed by atoms with E-state index in [0.717, 1.165) is 22.8 Å². The van der Waals surface area contributed by atoms with Crippen molar-refractivity contribution in [1.29, 1.82) is 0 Å². The van der Waals surface area contributed by atoms with Gasteiger partial charge in [-0.15, -0.1) is 0 Å². The van der Waals surface area contributed by atoms with Crippen molar-refractivity contribution in [3.05, 3.63) is 77.4 Å². The molecule has 2 unspecified atom stereocenters. The molecule has 1 amide bonds. The van der Waals surface area contributed by atoms with Crippen LogP contribution in [0.25, 0.3) is 10.8 Å². The van der Waals surface area contributed by atoms with E-state index in [0.29, 0.717) is 5.75 Å². The molecule has 2 atom stereocenters. The molecule has 1 aliphatic rings. The first kappa shape index (κ1) is 18.5. The molecule has 0 heterocycles. The van der Waals surface area contributed by atoms with Crippen LogP contribution in [0.4, 0.5) is 0 Å². The molecular weight excluding hydrogens is 346 g/mol. The van der Waals surface area contributed by atoms with Crippen molar-refractivity contribution in [2.24, 2.45) is 0 Å². The summed E-state index contributed by atoms with van der Waals surface area (Å²) >= 11 is 0. The number of aryl methyl sites for hydroxylation is 2. The normalized spacial score (nSPS) is 15.5. The van der Waals surface area contributed by atoms with Crippen molar-refractivity contribution in [3.63, 3.8) is 0 Å². The first-order valence-electron chi connectivity index (χ1n) is 10.2. The molecule has 0 bridgehead atoms. The molecule has 0 radical (unpaired) electrons. The van der Waals surface area contributed by atoms with Gasteiger partial charge in [-0.25, -0.2) is 0 Å². The maximum absolute atomic E-state index is 12.6. The molecule has 3 heteroatoms. The van der Waals surface area contributed by atoms with Crippen molar-refractivity contribution in [1.82, 2.24) is 5.32 Å². The second-order valence-electron chi connectivity index (χ2n) is 7.73. The fraction of sp³-hybridized carbons (Fsp3) is 0.320. The molecule has 0 aliphatic heterocycles. The quantitative estimate of drug-likeness (QED) is 0.653. The minimum atomic E-state index is -0.554. The molecule has 0 saturated carbocycles. The molecule has 0 aromatic heterocycles. The summed E-state index contributed by atoms with van der Waals surface area (Å²) < 4.78 is 5.90. The highest BCUT2D eigenvalue weighted by atomic mass is 16.5. The third-order valence-electron chi connectivity index (χ3n) is 5.63. The average molecular weight is 373 g/mol. The molecule has 28 heavy (non-hydrogen) atoms. The van der Waals surface area contributed by atoms with Gasteiger partial charge in [-0.1, -0.05) is 48.5 Å². The zero-order chi connectivity index (χ0) is 19.5. The molecule has 4 rings (SSSR count). The van der Waals surface area contributed by atoms with Gasteiger partial charge in [0.05, 0.1) is 6.04 Å². The summed E-state index contributed by atoms with van der Waals surface area (Å²) in [5, 5.41) is 5.36. The lowest BCUT2D eigenvalue weighted by Gasteiger charge is -2.22. The number of amides is 1.